The second kappa shape index (κ2) is 7.19. The molecule has 0 aliphatic rings. The van der Waals surface area contributed by atoms with Gasteiger partial charge in [0.1, 0.15) is 0 Å². The normalized spacial score (nSPS) is 12.5. The fourth-order valence-electron chi connectivity index (χ4n) is 7.45. The summed E-state index contributed by atoms with van der Waals surface area (Å²) < 4.78 is 5.04. The standard InChI is InChI=1S/C38H22N2/c1-3-11-25-23(9-1)20-22-33-35(25)29-15-7-14-28-27-13-5-6-17-31(27)39-32-21-19-24-10-2-4-12-26(24)36(32)30-16-8-18-34(38(30)39)40(33)37(28)29/h1-22H. The third-order valence-corrected chi connectivity index (χ3v) is 9.01. The molecular formula is C38H22N2. The Morgan fingerprint density at radius 3 is 1.45 bits per heavy atom. The molecule has 0 saturated carbocycles. The van der Waals surface area contributed by atoms with Crippen molar-refractivity contribution in [3.8, 4) is 0 Å². The van der Waals surface area contributed by atoms with Crippen LogP contribution in [0.5, 0.6) is 0 Å². The number of hydrogen-bond donors (Lipinski definition) is 0. The summed E-state index contributed by atoms with van der Waals surface area (Å²) >= 11 is 0. The van der Waals surface area contributed by atoms with E-state index in [1.165, 1.54) is 87.0 Å². The Hall–Kier alpha value is -5.34. The zero-order valence-corrected chi connectivity index (χ0v) is 21.6. The number of aromatic nitrogens is 2. The van der Waals surface area contributed by atoms with Gasteiger partial charge in [-0.15, -0.1) is 0 Å². The summed E-state index contributed by atoms with van der Waals surface area (Å²) in [4.78, 5) is 0. The van der Waals surface area contributed by atoms with Crippen molar-refractivity contribution < 1.29 is 0 Å². The third-order valence-electron chi connectivity index (χ3n) is 9.01. The second-order valence-corrected chi connectivity index (χ2v) is 10.9. The highest BCUT2D eigenvalue weighted by Crippen LogP contribution is 2.43. The predicted molar refractivity (Wildman–Crippen MR) is 171 cm³/mol. The summed E-state index contributed by atoms with van der Waals surface area (Å²) in [5.74, 6) is 0. The van der Waals surface area contributed by atoms with Crippen molar-refractivity contribution in [2.24, 2.45) is 0 Å². The van der Waals surface area contributed by atoms with Crippen LogP contribution in [-0.2, 0) is 0 Å². The van der Waals surface area contributed by atoms with Crippen LogP contribution < -0.4 is 0 Å². The van der Waals surface area contributed by atoms with Gasteiger partial charge in [-0.3, -0.25) is 0 Å². The van der Waals surface area contributed by atoms with E-state index in [4.69, 9.17) is 0 Å². The number of rotatable bonds is 0. The maximum atomic E-state index is 2.53. The zero-order chi connectivity index (χ0) is 25.9. The minimum absolute atomic E-state index is 1.22. The monoisotopic (exact) mass is 506 g/mol. The summed E-state index contributed by atoms with van der Waals surface area (Å²) in [5.41, 5.74) is 7.45. The van der Waals surface area contributed by atoms with Crippen molar-refractivity contribution in [3.63, 3.8) is 0 Å². The maximum absolute atomic E-state index is 2.53. The van der Waals surface area contributed by atoms with Gasteiger partial charge in [0, 0.05) is 32.3 Å². The Morgan fingerprint density at radius 1 is 0.275 bits per heavy atom. The third kappa shape index (κ3) is 2.36. The lowest BCUT2D eigenvalue weighted by molar-refractivity contribution is 1.30. The highest BCUT2D eigenvalue weighted by Gasteiger charge is 2.20. The molecule has 0 saturated heterocycles. The van der Waals surface area contributed by atoms with Gasteiger partial charge in [0.2, 0.25) is 0 Å². The summed E-state index contributed by atoms with van der Waals surface area (Å²) in [5, 5.41) is 12.9. The summed E-state index contributed by atoms with van der Waals surface area (Å²) in [7, 11) is 0. The molecule has 0 aliphatic heterocycles. The van der Waals surface area contributed by atoms with E-state index in [1.54, 1.807) is 0 Å². The minimum Gasteiger partial charge on any atom is -0.307 e. The van der Waals surface area contributed by atoms with Crippen LogP contribution >= 0.6 is 0 Å². The molecule has 0 fully saturated rings. The number of nitrogens with zero attached hydrogens (tertiary/aromatic N) is 2. The largest absolute Gasteiger partial charge is 0.307 e. The van der Waals surface area contributed by atoms with Crippen LogP contribution in [-0.4, -0.2) is 8.80 Å². The van der Waals surface area contributed by atoms with E-state index in [1.807, 2.05) is 0 Å². The van der Waals surface area contributed by atoms with E-state index in [-0.39, 0.29) is 0 Å². The summed E-state index contributed by atoms with van der Waals surface area (Å²) in [6.45, 7) is 0. The Morgan fingerprint density at radius 2 is 0.750 bits per heavy atom. The van der Waals surface area contributed by atoms with Crippen LogP contribution in [0.4, 0.5) is 0 Å². The molecule has 10 aromatic rings. The topological polar surface area (TPSA) is 8.82 Å². The average molecular weight is 507 g/mol. The van der Waals surface area contributed by atoms with E-state index < -0.39 is 0 Å². The molecule has 7 aromatic carbocycles. The molecule has 0 atom stereocenters. The van der Waals surface area contributed by atoms with Crippen molar-refractivity contribution in [2.75, 3.05) is 0 Å². The van der Waals surface area contributed by atoms with Gasteiger partial charge in [0.05, 0.1) is 33.1 Å². The van der Waals surface area contributed by atoms with Crippen LogP contribution in [0.25, 0.3) is 87.0 Å². The first-order valence-electron chi connectivity index (χ1n) is 13.9. The van der Waals surface area contributed by atoms with Gasteiger partial charge in [-0.1, -0.05) is 109 Å². The van der Waals surface area contributed by atoms with Crippen LogP contribution in [0.1, 0.15) is 0 Å². The highest BCUT2D eigenvalue weighted by molar-refractivity contribution is 6.29. The Kier molecular flexibility index (Phi) is 3.70. The van der Waals surface area contributed by atoms with Crippen molar-refractivity contribution >= 4 is 87.0 Å². The lowest BCUT2D eigenvalue weighted by Gasteiger charge is -2.10. The van der Waals surface area contributed by atoms with Crippen molar-refractivity contribution in [3.05, 3.63) is 133 Å². The van der Waals surface area contributed by atoms with Gasteiger partial charge < -0.3 is 8.80 Å². The van der Waals surface area contributed by atoms with E-state index in [0.29, 0.717) is 0 Å². The Balaban J connectivity index is 1.66. The molecule has 40 heavy (non-hydrogen) atoms. The fourth-order valence-corrected chi connectivity index (χ4v) is 7.45. The Bertz CT molecular complexity index is 2700. The predicted octanol–water partition coefficient (Wildman–Crippen LogP) is 10.3. The minimum atomic E-state index is 1.22. The first-order valence-corrected chi connectivity index (χ1v) is 13.9. The first kappa shape index (κ1) is 20.6. The lowest BCUT2D eigenvalue weighted by Crippen LogP contribution is -1.93. The van der Waals surface area contributed by atoms with Gasteiger partial charge in [-0.25, -0.2) is 0 Å². The average Bonchev–Trinajstić information content (AvgIpc) is 3.54. The molecule has 0 aliphatic carbocycles. The quantitative estimate of drug-likeness (QED) is 0.193. The Labute approximate surface area is 228 Å². The SMILES string of the molecule is c1ccc2c(c1)ccc1c2c2cccc3c4ccccc4n4c5ccc6ccccc6c5c5cccc(c54)n1c32. The number of hydrogen-bond acceptors (Lipinski definition) is 0. The molecule has 10 rings (SSSR count). The van der Waals surface area contributed by atoms with Gasteiger partial charge in [-0.2, -0.15) is 0 Å². The van der Waals surface area contributed by atoms with Crippen molar-refractivity contribution in [1.82, 2.24) is 8.80 Å². The molecule has 3 aromatic heterocycles. The fraction of sp³-hybridized carbons (Fsp3) is 0. The van der Waals surface area contributed by atoms with Crippen molar-refractivity contribution in [2.45, 2.75) is 0 Å². The summed E-state index contributed by atoms with van der Waals surface area (Å²) in [6, 6.07) is 49.3. The van der Waals surface area contributed by atoms with Crippen LogP contribution in [0.3, 0.4) is 0 Å². The second-order valence-electron chi connectivity index (χ2n) is 10.9. The molecule has 0 unspecified atom stereocenters. The number of fused-ring (bicyclic) bond motifs is 14. The molecule has 0 N–H and O–H groups in total. The van der Waals surface area contributed by atoms with Gasteiger partial charge in [0.25, 0.3) is 0 Å². The number of para-hydroxylation sites is 3. The van der Waals surface area contributed by atoms with Gasteiger partial charge in [0.15, 0.2) is 0 Å². The summed E-state index contributed by atoms with van der Waals surface area (Å²) in [6.07, 6.45) is 0. The van der Waals surface area contributed by atoms with E-state index in [2.05, 4.69) is 142 Å². The smallest absolute Gasteiger partial charge is 0.0782 e. The van der Waals surface area contributed by atoms with Gasteiger partial charge >= 0.3 is 0 Å². The molecule has 184 valence electrons. The molecule has 0 bridgehead atoms. The zero-order valence-electron chi connectivity index (χ0n) is 21.6. The number of benzene rings is 7. The molecule has 3 heterocycles. The lowest BCUT2D eigenvalue weighted by atomic mass is 10.0. The molecule has 2 nitrogen and oxygen atoms in total. The molecular weight excluding hydrogens is 484 g/mol. The van der Waals surface area contributed by atoms with Crippen molar-refractivity contribution in [1.29, 1.82) is 0 Å². The van der Waals surface area contributed by atoms with E-state index in [0.717, 1.165) is 0 Å². The van der Waals surface area contributed by atoms with E-state index >= 15 is 0 Å². The van der Waals surface area contributed by atoms with E-state index in [9.17, 15) is 0 Å². The molecule has 2 heteroatoms. The molecule has 0 spiro atoms. The molecule has 0 amide bonds. The van der Waals surface area contributed by atoms with Crippen LogP contribution in [0.15, 0.2) is 133 Å². The maximum Gasteiger partial charge on any atom is 0.0782 e. The van der Waals surface area contributed by atoms with Gasteiger partial charge in [-0.05, 0) is 45.8 Å². The van der Waals surface area contributed by atoms with Crippen LogP contribution in [0.2, 0.25) is 0 Å². The first-order chi connectivity index (χ1) is 19.9. The van der Waals surface area contributed by atoms with Crippen LogP contribution in [0, 0.1) is 0 Å². The molecule has 0 radical (unpaired) electrons. The highest BCUT2D eigenvalue weighted by atomic mass is 15.0.